The van der Waals surface area contributed by atoms with Gasteiger partial charge in [0, 0.05) is 0 Å². The van der Waals surface area contributed by atoms with Gasteiger partial charge in [-0.25, -0.2) is 0 Å². The molecule has 5 heteroatoms. The van der Waals surface area contributed by atoms with Gasteiger partial charge in [-0.1, -0.05) is 29.8 Å². The lowest BCUT2D eigenvalue weighted by Gasteiger charge is -2.26. The predicted molar refractivity (Wildman–Crippen MR) is 74.8 cm³/mol. The number of rotatable bonds is 2. The zero-order valence-corrected chi connectivity index (χ0v) is 11.8. The number of carbonyl (C=O) groups is 2. The van der Waals surface area contributed by atoms with Crippen molar-refractivity contribution in [3.05, 3.63) is 35.4 Å². The van der Waals surface area contributed by atoms with E-state index in [1.165, 1.54) is 24.4 Å². The van der Waals surface area contributed by atoms with Gasteiger partial charge in [0.05, 0.1) is 17.4 Å². The molecule has 0 amide bonds. The predicted octanol–water partition coefficient (Wildman–Crippen LogP) is 2.58. The Morgan fingerprint density at radius 3 is 2.61 bits per heavy atom. The molecule has 2 rings (SSSR count). The van der Waals surface area contributed by atoms with E-state index in [-0.39, 0.29) is 10.4 Å². The first-order valence-corrected chi connectivity index (χ1v) is 7.55. The molecule has 3 nitrogen and oxygen atoms in total. The van der Waals surface area contributed by atoms with E-state index in [2.05, 4.69) is 4.74 Å². The highest BCUT2D eigenvalue weighted by Gasteiger charge is 2.36. The number of Topliss-reactive ketones (excluding diaryl/α,β-unsaturated/α-hetero) is 1. The number of esters is 1. The average molecular weight is 282 g/mol. The summed E-state index contributed by atoms with van der Waals surface area (Å²) >= 11 is 2.94. The van der Waals surface area contributed by atoms with Crippen LogP contribution in [0.4, 0.5) is 0 Å². The van der Waals surface area contributed by atoms with Crippen LogP contribution < -0.4 is 0 Å². The second-order valence-electron chi connectivity index (χ2n) is 4.06. The molecule has 1 heterocycles. The molecular formula is C13H14O3S2. The highest BCUT2D eigenvalue weighted by molar-refractivity contribution is 8.18. The van der Waals surface area contributed by atoms with Crippen LogP contribution in [-0.4, -0.2) is 29.9 Å². The summed E-state index contributed by atoms with van der Waals surface area (Å²) < 4.78 is 4.79. The summed E-state index contributed by atoms with van der Waals surface area (Å²) in [4.78, 5) is 23.2. The highest BCUT2D eigenvalue weighted by atomic mass is 32.2. The van der Waals surface area contributed by atoms with Gasteiger partial charge in [0.2, 0.25) is 0 Å². The van der Waals surface area contributed by atoms with Gasteiger partial charge in [-0.15, -0.1) is 23.5 Å². The van der Waals surface area contributed by atoms with E-state index in [9.17, 15) is 9.59 Å². The minimum Gasteiger partial charge on any atom is -0.468 e. The van der Waals surface area contributed by atoms with Crippen molar-refractivity contribution in [2.75, 3.05) is 12.9 Å². The van der Waals surface area contributed by atoms with Crippen LogP contribution in [0, 0.1) is 6.92 Å². The lowest BCUT2D eigenvalue weighted by Crippen LogP contribution is -2.33. The lowest BCUT2D eigenvalue weighted by atomic mass is 10.2. The largest absolute Gasteiger partial charge is 0.468 e. The molecule has 1 aliphatic heterocycles. The van der Waals surface area contributed by atoms with Crippen molar-refractivity contribution in [3.8, 4) is 0 Å². The summed E-state index contributed by atoms with van der Waals surface area (Å²) in [5, 5.41) is -0.678. The standard InChI is InChI=1S/C13H14O3S2/c1-8-3-5-9(6-4-8)13-17-7-10(14)11(18-13)12(15)16-2/h3-6,11,13H,7H2,1-2H3. The summed E-state index contributed by atoms with van der Waals surface area (Å²) in [6.45, 7) is 2.03. The third kappa shape index (κ3) is 2.90. The van der Waals surface area contributed by atoms with Gasteiger partial charge < -0.3 is 4.74 Å². The third-order valence-electron chi connectivity index (χ3n) is 2.69. The minimum absolute atomic E-state index is 0.0554. The Kier molecular flexibility index (Phi) is 4.35. The van der Waals surface area contributed by atoms with Gasteiger partial charge in [0.1, 0.15) is 0 Å². The molecular weight excluding hydrogens is 268 g/mol. The molecule has 96 valence electrons. The minimum atomic E-state index is -0.678. The summed E-state index contributed by atoms with van der Waals surface area (Å²) in [6.07, 6.45) is 0. The summed E-state index contributed by atoms with van der Waals surface area (Å²) in [5.74, 6) is -0.131. The van der Waals surface area contributed by atoms with Crippen molar-refractivity contribution in [2.45, 2.75) is 16.8 Å². The van der Waals surface area contributed by atoms with Gasteiger partial charge in [0.15, 0.2) is 11.0 Å². The second kappa shape index (κ2) is 5.80. The molecule has 0 aromatic heterocycles. The Morgan fingerprint density at radius 1 is 1.33 bits per heavy atom. The maximum absolute atomic E-state index is 11.7. The van der Waals surface area contributed by atoms with Crippen molar-refractivity contribution in [2.24, 2.45) is 0 Å². The summed E-state index contributed by atoms with van der Waals surface area (Å²) in [6, 6.07) is 8.17. The fourth-order valence-electron chi connectivity index (χ4n) is 1.66. The Labute approximate surface area is 115 Å². The monoisotopic (exact) mass is 282 g/mol. The van der Waals surface area contributed by atoms with Crippen LogP contribution in [0.15, 0.2) is 24.3 Å². The van der Waals surface area contributed by atoms with Crippen LogP contribution >= 0.6 is 23.5 Å². The van der Waals surface area contributed by atoms with Crippen molar-refractivity contribution in [1.82, 2.24) is 0 Å². The van der Waals surface area contributed by atoms with E-state index in [4.69, 9.17) is 0 Å². The smallest absolute Gasteiger partial charge is 0.326 e. The number of methoxy groups -OCH3 is 1. The molecule has 0 radical (unpaired) electrons. The Balaban J connectivity index is 2.14. The van der Waals surface area contributed by atoms with Gasteiger partial charge in [-0.05, 0) is 12.5 Å². The van der Waals surface area contributed by atoms with E-state index in [0.29, 0.717) is 5.75 Å². The summed E-state index contributed by atoms with van der Waals surface area (Å²) in [7, 11) is 1.32. The van der Waals surface area contributed by atoms with Gasteiger partial charge in [0.25, 0.3) is 0 Å². The number of benzene rings is 1. The quantitative estimate of drug-likeness (QED) is 0.616. The molecule has 0 spiro atoms. The van der Waals surface area contributed by atoms with E-state index in [1.54, 1.807) is 11.8 Å². The fourth-order valence-corrected chi connectivity index (χ4v) is 4.46. The van der Waals surface area contributed by atoms with E-state index in [0.717, 1.165) is 5.56 Å². The van der Waals surface area contributed by atoms with Crippen molar-refractivity contribution < 1.29 is 14.3 Å². The van der Waals surface area contributed by atoms with E-state index >= 15 is 0 Å². The van der Waals surface area contributed by atoms with Crippen LogP contribution in [0.3, 0.4) is 0 Å². The number of hydrogen-bond donors (Lipinski definition) is 0. The number of ether oxygens (including phenoxy) is 1. The molecule has 0 aliphatic carbocycles. The number of carbonyl (C=O) groups excluding carboxylic acids is 2. The topological polar surface area (TPSA) is 43.4 Å². The van der Waals surface area contributed by atoms with Crippen LogP contribution in [-0.2, 0) is 14.3 Å². The molecule has 1 aromatic rings. The first-order chi connectivity index (χ1) is 8.61. The molecule has 2 unspecified atom stereocenters. The maximum atomic E-state index is 11.7. The molecule has 1 aromatic carbocycles. The van der Waals surface area contributed by atoms with Crippen LogP contribution in [0.1, 0.15) is 15.7 Å². The van der Waals surface area contributed by atoms with Crippen molar-refractivity contribution >= 4 is 35.3 Å². The first-order valence-electron chi connectivity index (χ1n) is 5.56. The summed E-state index contributed by atoms with van der Waals surface area (Å²) in [5.41, 5.74) is 2.34. The molecule has 1 aliphatic rings. The molecule has 2 atom stereocenters. The van der Waals surface area contributed by atoms with E-state index in [1.807, 2.05) is 31.2 Å². The zero-order chi connectivity index (χ0) is 13.1. The Bertz CT molecular complexity index is 448. The molecule has 0 bridgehead atoms. The number of hydrogen-bond acceptors (Lipinski definition) is 5. The zero-order valence-electron chi connectivity index (χ0n) is 10.2. The number of aryl methyl sites for hydroxylation is 1. The van der Waals surface area contributed by atoms with Gasteiger partial charge >= 0.3 is 5.97 Å². The average Bonchev–Trinajstić information content (AvgIpc) is 2.39. The van der Waals surface area contributed by atoms with Gasteiger partial charge in [-0.2, -0.15) is 0 Å². The maximum Gasteiger partial charge on any atom is 0.326 e. The van der Waals surface area contributed by atoms with E-state index < -0.39 is 11.2 Å². The highest BCUT2D eigenvalue weighted by Crippen LogP contribution is 2.46. The Hall–Kier alpha value is -0.940. The Morgan fingerprint density at radius 2 is 2.00 bits per heavy atom. The third-order valence-corrected chi connectivity index (χ3v) is 5.71. The van der Waals surface area contributed by atoms with Crippen molar-refractivity contribution in [3.63, 3.8) is 0 Å². The number of ketones is 1. The van der Waals surface area contributed by atoms with Crippen LogP contribution in [0.5, 0.6) is 0 Å². The lowest BCUT2D eigenvalue weighted by molar-refractivity contribution is -0.142. The normalized spacial score (nSPS) is 23.8. The molecule has 18 heavy (non-hydrogen) atoms. The fraction of sp³-hybridized carbons (Fsp3) is 0.385. The number of thioether (sulfide) groups is 2. The second-order valence-corrected chi connectivity index (χ2v) is 6.67. The molecule has 0 saturated carbocycles. The van der Waals surface area contributed by atoms with Gasteiger partial charge in [-0.3, -0.25) is 9.59 Å². The first kappa shape index (κ1) is 13.5. The van der Waals surface area contributed by atoms with Crippen LogP contribution in [0.25, 0.3) is 0 Å². The van der Waals surface area contributed by atoms with Crippen molar-refractivity contribution in [1.29, 1.82) is 0 Å². The SMILES string of the molecule is COC(=O)C1SC(c2ccc(C)cc2)SCC1=O. The van der Waals surface area contributed by atoms with Crippen LogP contribution in [0.2, 0.25) is 0 Å². The molecule has 1 saturated heterocycles. The molecule has 0 N–H and O–H groups in total. The molecule has 1 fully saturated rings.